The third-order valence-corrected chi connectivity index (χ3v) is 6.18. The number of nitriles is 1. The summed E-state index contributed by atoms with van der Waals surface area (Å²) in [6, 6.07) is 18.8. The van der Waals surface area contributed by atoms with Gasteiger partial charge < -0.3 is 18.8 Å². The summed E-state index contributed by atoms with van der Waals surface area (Å²) in [5.74, 6) is 0.232. The Morgan fingerprint density at radius 3 is 2.75 bits per heavy atom. The Balaban J connectivity index is 0.00000304. The van der Waals surface area contributed by atoms with Crippen molar-refractivity contribution in [3.63, 3.8) is 0 Å². The van der Waals surface area contributed by atoms with Crippen LogP contribution in [0.2, 0.25) is 0 Å². The van der Waals surface area contributed by atoms with Crippen molar-refractivity contribution in [3.05, 3.63) is 106 Å². The predicted molar refractivity (Wildman–Crippen MR) is 135 cm³/mol. The van der Waals surface area contributed by atoms with Crippen LogP contribution in [-0.2, 0) is 29.7 Å². The van der Waals surface area contributed by atoms with E-state index < -0.39 is 6.10 Å². The van der Waals surface area contributed by atoms with Gasteiger partial charge in [-0.15, -0.1) is 12.4 Å². The van der Waals surface area contributed by atoms with Gasteiger partial charge in [0, 0.05) is 23.7 Å². The molecule has 0 N–H and O–H groups in total. The van der Waals surface area contributed by atoms with Crippen LogP contribution in [0.1, 0.15) is 39.6 Å². The number of ether oxygens (including phenoxy) is 3. The average Bonchev–Trinajstić information content (AvgIpc) is 3.29. The molecule has 2 heterocycles. The molecular weight excluding hydrogens is 481 g/mol. The van der Waals surface area contributed by atoms with Crippen LogP contribution in [0.4, 0.5) is 4.39 Å². The van der Waals surface area contributed by atoms with E-state index in [2.05, 4.69) is 11.1 Å². The number of fused-ring (bicyclic) bond motifs is 1. The maximum Gasteiger partial charge on any atom is 0.189 e. The van der Waals surface area contributed by atoms with Gasteiger partial charge >= 0.3 is 0 Å². The SMILES string of the molecule is Cc1ccccc1-c1cc(C(OCc2cc(F)cc3c2OCOC3)c2cncn2C)ccc1C#N.Cl. The lowest BCUT2D eigenvalue weighted by atomic mass is 9.93. The first kappa shape index (κ1) is 25.4. The molecule has 0 bridgehead atoms. The van der Waals surface area contributed by atoms with E-state index >= 15 is 0 Å². The third-order valence-electron chi connectivity index (χ3n) is 6.18. The summed E-state index contributed by atoms with van der Waals surface area (Å²) in [5.41, 5.74) is 6.45. The number of benzene rings is 3. The molecule has 8 heteroatoms. The highest BCUT2D eigenvalue weighted by Gasteiger charge is 2.23. The number of halogens is 2. The number of aromatic nitrogens is 2. The number of nitrogens with zero attached hydrogens (tertiary/aromatic N) is 3. The van der Waals surface area contributed by atoms with E-state index in [9.17, 15) is 9.65 Å². The summed E-state index contributed by atoms with van der Waals surface area (Å²) in [6.07, 6.45) is 2.96. The molecule has 0 spiro atoms. The number of hydrogen-bond acceptors (Lipinski definition) is 5. The average molecular weight is 506 g/mol. The van der Waals surface area contributed by atoms with E-state index in [0.717, 1.165) is 27.9 Å². The minimum absolute atomic E-state index is 0. The molecule has 0 aliphatic carbocycles. The monoisotopic (exact) mass is 505 g/mol. The van der Waals surface area contributed by atoms with Gasteiger partial charge in [-0.3, -0.25) is 0 Å². The van der Waals surface area contributed by atoms with Gasteiger partial charge in [-0.25, -0.2) is 9.37 Å². The van der Waals surface area contributed by atoms with Crippen LogP contribution < -0.4 is 4.74 Å². The lowest BCUT2D eigenvalue weighted by molar-refractivity contribution is -0.0196. The van der Waals surface area contributed by atoms with Crippen LogP contribution in [0, 0.1) is 24.1 Å². The quantitative estimate of drug-likeness (QED) is 0.321. The first-order valence-corrected chi connectivity index (χ1v) is 11.2. The van der Waals surface area contributed by atoms with Crippen LogP contribution in [0.3, 0.4) is 0 Å². The highest BCUT2D eigenvalue weighted by atomic mass is 35.5. The zero-order chi connectivity index (χ0) is 24.4. The Labute approximate surface area is 215 Å². The zero-order valence-electron chi connectivity index (χ0n) is 19.9. The van der Waals surface area contributed by atoms with Crippen LogP contribution in [0.15, 0.2) is 67.1 Å². The van der Waals surface area contributed by atoms with Gasteiger partial charge in [0.25, 0.3) is 0 Å². The highest BCUT2D eigenvalue weighted by molar-refractivity contribution is 5.85. The van der Waals surface area contributed by atoms with E-state index in [4.69, 9.17) is 14.2 Å². The van der Waals surface area contributed by atoms with Gasteiger partial charge in [-0.1, -0.05) is 30.3 Å². The second-order valence-corrected chi connectivity index (χ2v) is 8.52. The maximum atomic E-state index is 14.3. The number of imidazole rings is 1. The summed E-state index contributed by atoms with van der Waals surface area (Å²) in [4.78, 5) is 4.27. The molecule has 36 heavy (non-hydrogen) atoms. The summed E-state index contributed by atoms with van der Waals surface area (Å²) in [5, 5.41) is 9.76. The second kappa shape index (κ2) is 10.9. The first-order valence-electron chi connectivity index (χ1n) is 11.2. The van der Waals surface area contributed by atoms with Crippen molar-refractivity contribution < 1.29 is 18.6 Å². The summed E-state index contributed by atoms with van der Waals surface area (Å²) in [6.45, 7) is 2.55. The molecule has 6 nitrogen and oxygen atoms in total. The number of aryl methyl sites for hydroxylation is 2. The predicted octanol–water partition coefficient (Wildman–Crippen LogP) is 6.00. The molecule has 1 unspecified atom stereocenters. The third kappa shape index (κ3) is 4.98. The van der Waals surface area contributed by atoms with Crippen molar-refractivity contribution >= 4 is 12.4 Å². The van der Waals surface area contributed by atoms with Gasteiger partial charge in [0.2, 0.25) is 0 Å². The lowest BCUT2D eigenvalue weighted by Crippen LogP contribution is -2.15. The standard InChI is InChI=1S/C28H24FN3O3.ClH/c1-18-5-3-4-6-24(18)25-11-19(7-8-20(25)12-30)28(26-13-31-16-32(26)2)34-15-22-10-23(29)9-21-14-33-17-35-27(21)22;/h3-11,13,16,28H,14-15,17H2,1-2H3;1H. The normalized spacial score (nSPS) is 13.2. The molecule has 1 atom stereocenters. The molecule has 0 radical (unpaired) electrons. The minimum Gasteiger partial charge on any atom is -0.467 e. The fraction of sp³-hybridized carbons (Fsp3) is 0.214. The fourth-order valence-corrected chi connectivity index (χ4v) is 4.43. The van der Waals surface area contributed by atoms with Gasteiger partial charge in [-0.05, 0) is 47.9 Å². The summed E-state index contributed by atoms with van der Waals surface area (Å²) < 4.78 is 33.6. The molecule has 184 valence electrons. The maximum absolute atomic E-state index is 14.3. The Morgan fingerprint density at radius 2 is 2.00 bits per heavy atom. The largest absolute Gasteiger partial charge is 0.467 e. The minimum atomic E-state index is -0.503. The molecule has 0 saturated heterocycles. The van der Waals surface area contributed by atoms with Crippen molar-refractivity contribution in [2.75, 3.05) is 6.79 Å². The summed E-state index contributed by atoms with van der Waals surface area (Å²) >= 11 is 0. The van der Waals surface area contributed by atoms with E-state index in [0.29, 0.717) is 29.0 Å². The molecule has 0 fully saturated rings. The second-order valence-electron chi connectivity index (χ2n) is 8.52. The van der Waals surface area contributed by atoms with Crippen LogP contribution in [0.25, 0.3) is 11.1 Å². The Morgan fingerprint density at radius 1 is 1.17 bits per heavy atom. The van der Waals surface area contributed by atoms with Crippen molar-refractivity contribution in [2.45, 2.75) is 26.2 Å². The van der Waals surface area contributed by atoms with Gasteiger partial charge in [0.1, 0.15) is 17.7 Å². The number of hydrogen-bond donors (Lipinski definition) is 0. The van der Waals surface area contributed by atoms with E-state index in [1.165, 1.54) is 12.1 Å². The summed E-state index contributed by atoms with van der Waals surface area (Å²) in [7, 11) is 1.90. The van der Waals surface area contributed by atoms with Gasteiger partial charge in [0.15, 0.2) is 6.79 Å². The Kier molecular flexibility index (Phi) is 7.70. The molecule has 5 rings (SSSR count). The lowest BCUT2D eigenvalue weighted by Gasteiger charge is -2.24. The van der Waals surface area contributed by atoms with Gasteiger partial charge in [-0.2, -0.15) is 5.26 Å². The smallest absolute Gasteiger partial charge is 0.189 e. The molecule has 0 amide bonds. The topological polar surface area (TPSA) is 69.3 Å². The molecule has 1 aliphatic rings. The fourth-order valence-electron chi connectivity index (χ4n) is 4.43. The van der Waals surface area contributed by atoms with Crippen LogP contribution in [-0.4, -0.2) is 16.3 Å². The van der Waals surface area contributed by atoms with Crippen LogP contribution >= 0.6 is 12.4 Å². The van der Waals surface area contributed by atoms with E-state index in [1.807, 2.05) is 61.0 Å². The van der Waals surface area contributed by atoms with Gasteiger partial charge in [0.05, 0.1) is 43.1 Å². The molecule has 3 aromatic carbocycles. The molecule has 1 aliphatic heterocycles. The molecular formula is C28H25ClFN3O3. The van der Waals surface area contributed by atoms with Crippen molar-refractivity contribution in [2.24, 2.45) is 7.05 Å². The van der Waals surface area contributed by atoms with Crippen LogP contribution in [0.5, 0.6) is 5.75 Å². The Bertz CT molecular complexity index is 1430. The first-order chi connectivity index (χ1) is 17.0. The number of rotatable bonds is 6. The molecule has 1 aromatic heterocycles. The Hall–Kier alpha value is -3.70. The van der Waals surface area contributed by atoms with Crippen molar-refractivity contribution in [1.82, 2.24) is 9.55 Å². The van der Waals surface area contributed by atoms with Crippen molar-refractivity contribution in [1.29, 1.82) is 5.26 Å². The zero-order valence-corrected chi connectivity index (χ0v) is 20.7. The highest BCUT2D eigenvalue weighted by Crippen LogP contribution is 2.35. The van der Waals surface area contributed by atoms with E-state index in [1.54, 1.807) is 12.5 Å². The molecule has 4 aromatic rings. The van der Waals surface area contributed by atoms with E-state index in [-0.39, 0.29) is 31.6 Å². The molecule has 0 saturated carbocycles. The van der Waals surface area contributed by atoms with Crippen molar-refractivity contribution in [3.8, 4) is 22.9 Å².